The van der Waals surface area contributed by atoms with Crippen molar-refractivity contribution in [2.75, 3.05) is 6.54 Å². The fraction of sp³-hybridized carbons (Fsp3) is 0.562. The minimum atomic E-state index is -0.405. The van der Waals surface area contributed by atoms with Gasteiger partial charge in [-0.15, -0.1) is 0 Å². The molecule has 1 aromatic rings. The molecule has 0 saturated carbocycles. The minimum absolute atomic E-state index is 0.175. The zero-order valence-electron chi connectivity index (χ0n) is 12.0. The lowest BCUT2D eigenvalue weighted by molar-refractivity contribution is -0.153. The Morgan fingerprint density at radius 2 is 2.00 bits per heavy atom. The molecule has 3 heteroatoms. The van der Waals surface area contributed by atoms with Gasteiger partial charge in [0.1, 0.15) is 5.60 Å². The van der Waals surface area contributed by atoms with Crippen LogP contribution in [0, 0.1) is 0 Å². The number of ether oxygens (including phenoxy) is 1. The quantitative estimate of drug-likeness (QED) is 0.850. The Morgan fingerprint density at radius 3 is 2.68 bits per heavy atom. The fourth-order valence-electron chi connectivity index (χ4n) is 2.48. The summed E-state index contributed by atoms with van der Waals surface area (Å²) in [7, 11) is 0. The molecule has 1 N–H and O–H groups in total. The number of hydrogen-bond donors (Lipinski definition) is 1. The average molecular weight is 261 g/mol. The maximum absolute atomic E-state index is 11.7. The predicted octanol–water partition coefficient (Wildman–Crippen LogP) is 2.48. The Labute approximate surface area is 115 Å². The van der Waals surface area contributed by atoms with E-state index in [0.717, 1.165) is 19.3 Å². The number of fused-ring (bicyclic) bond motifs is 1. The average Bonchev–Trinajstić information content (AvgIpc) is 2.34. The first-order valence-corrected chi connectivity index (χ1v) is 6.96. The summed E-state index contributed by atoms with van der Waals surface area (Å²) in [5.74, 6) is -0.175. The van der Waals surface area contributed by atoms with Crippen molar-refractivity contribution in [1.82, 2.24) is 5.32 Å². The standard InChI is InChI=1S/C16H23NO2/c1-16(2,3)19-15(18)11-17-14-9-8-12-6-4-5-7-13(12)10-14/h4-7,14,17H,8-11H2,1-3H3. The van der Waals surface area contributed by atoms with E-state index in [1.54, 1.807) is 0 Å². The fourth-order valence-corrected chi connectivity index (χ4v) is 2.48. The van der Waals surface area contributed by atoms with Crippen molar-refractivity contribution < 1.29 is 9.53 Å². The maximum Gasteiger partial charge on any atom is 0.320 e. The lowest BCUT2D eigenvalue weighted by Crippen LogP contribution is -2.40. The Kier molecular flexibility index (Phi) is 4.25. The summed E-state index contributed by atoms with van der Waals surface area (Å²) in [4.78, 5) is 11.7. The van der Waals surface area contributed by atoms with Crippen LogP contribution in [0.15, 0.2) is 24.3 Å². The maximum atomic E-state index is 11.7. The Bertz CT molecular complexity index is 448. The second-order valence-electron chi connectivity index (χ2n) is 6.18. The van der Waals surface area contributed by atoms with Crippen LogP contribution in [0.5, 0.6) is 0 Å². The van der Waals surface area contributed by atoms with Crippen LogP contribution in [-0.4, -0.2) is 24.2 Å². The molecule has 1 aliphatic rings. The summed E-state index contributed by atoms with van der Waals surface area (Å²) in [5, 5.41) is 3.31. The molecule has 0 heterocycles. The van der Waals surface area contributed by atoms with Gasteiger partial charge in [-0.1, -0.05) is 24.3 Å². The third kappa shape index (κ3) is 4.35. The zero-order valence-corrected chi connectivity index (χ0v) is 12.0. The molecular weight excluding hydrogens is 238 g/mol. The lowest BCUT2D eigenvalue weighted by atomic mass is 9.88. The highest BCUT2D eigenvalue weighted by atomic mass is 16.6. The van der Waals surface area contributed by atoms with Crippen molar-refractivity contribution in [1.29, 1.82) is 0 Å². The molecule has 1 aliphatic carbocycles. The lowest BCUT2D eigenvalue weighted by Gasteiger charge is -2.26. The first-order valence-electron chi connectivity index (χ1n) is 6.96. The van der Waals surface area contributed by atoms with Crippen LogP contribution in [0.4, 0.5) is 0 Å². The Morgan fingerprint density at radius 1 is 1.32 bits per heavy atom. The molecule has 1 unspecified atom stereocenters. The SMILES string of the molecule is CC(C)(C)OC(=O)CNC1CCc2ccccc2C1. The van der Waals surface area contributed by atoms with Gasteiger partial charge in [-0.25, -0.2) is 0 Å². The van der Waals surface area contributed by atoms with Crippen molar-refractivity contribution in [2.24, 2.45) is 0 Å². The molecule has 2 rings (SSSR count). The van der Waals surface area contributed by atoms with E-state index < -0.39 is 5.60 Å². The molecule has 0 saturated heterocycles. The molecule has 0 spiro atoms. The molecule has 0 radical (unpaired) electrons. The van der Waals surface area contributed by atoms with Crippen LogP contribution in [0.3, 0.4) is 0 Å². The highest BCUT2D eigenvalue weighted by Gasteiger charge is 2.20. The van der Waals surface area contributed by atoms with Crippen molar-refractivity contribution in [3.05, 3.63) is 35.4 Å². The van der Waals surface area contributed by atoms with E-state index in [9.17, 15) is 4.79 Å². The number of rotatable bonds is 3. The molecule has 0 aliphatic heterocycles. The van der Waals surface area contributed by atoms with Crippen LogP contribution < -0.4 is 5.32 Å². The summed E-state index contributed by atoms with van der Waals surface area (Å²) in [6.07, 6.45) is 3.17. The summed E-state index contributed by atoms with van der Waals surface area (Å²) in [6, 6.07) is 8.92. The van der Waals surface area contributed by atoms with E-state index in [0.29, 0.717) is 12.6 Å². The highest BCUT2D eigenvalue weighted by Crippen LogP contribution is 2.20. The van der Waals surface area contributed by atoms with Crippen LogP contribution >= 0.6 is 0 Å². The number of carbonyl (C=O) groups is 1. The van der Waals surface area contributed by atoms with Crippen LogP contribution in [0.25, 0.3) is 0 Å². The van der Waals surface area contributed by atoms with Gasteiger partial charge in [0.05, 0.1) is 6.54 Å². The topological polar surface area (TPSA) is 38.3 Å². The molecular formula is C16H23NO2. The van der Waals surface area contributed by atoms with Crippen LogP contribution in [0.1, 0.15) is 38.3 Å². The van der Waals surface area contributed by atoms with Gasteiger partial charge in [-0.3, -0.25) is 4.79 Å². The van der Waals surface area contributed by atoms with Gasteiger partial charge in [0, 0.05) is 6.04 Å². The smallest absolute Gasteiger partial charge is 0.320 e. The number of benzene rings is 1. The summed E-state index contributed by atoms with van der Waals surface area (Å²) < 4.78 is 5.30. The van der Waals surface area contributed by atoms with Gasteiger partial charge in [-0.2, -0.15) is 0 Å². The number of nitrogens with one attached hydrogen (secondary N) is 1. The van der Waals surface area contributed by atoms with Gasteiger partial charge in [-0.05, 0) is 51.2 Å². The molecule has 0 amide bonds. The minimum Gasteiger partial charge on any atom is -0.459 e. The first kappa shape index (κ1) is 14.1. The third-order valence-corrected chi connectivity index (χ3v) is 3.30. The molecule has 1 atom stereocenters. The zero-order chi connectivity index (χ0) is 13.9. The third-order valence-electron chi connectivity index (χ3n) is 3.30. The van der Waals surface area contributed by atoms with E-state index >= 15 is 0 Å². The largest absolute Gasteiger partial charge is 0.459 e. The van der Waals surface area contributed by atoms with Gasteiger partial charge >= 0.3 is 5.97 Å². The summed E-state index contributed by atoms with van der Waals surface area (Å²) >= 11 is 0. The predicted molar refractivity (Wildman–Crippen MR) is 76.1 cm³/mol. The Balaban J connectivity index is 1.81. The molecule has 19 heavy (non-hydrogen) atoms. The van der Waals surface area contributed by atoms with Crippen molar-refractivity contribution >= 4 is 5.97 Å². The summed E-state index contributed by atoms with van der Waals surface area (Å²) in [5.41, 5.74) is 2.44. The van der Waals surface area contributed by atoms with Crippen molar-refractivity contribution in [3.63, 3.8) is 0 Å². The van der Waals surface area contributed by atoms with Crippen LogP contribution in [0.2, 0.25) is 0 Å². The molecule has 0 aromatic heterocycles. The van der Waals surface area contributed by atoms with E-state index in [2.05, 4.69) is 29.6 Å². The van der Waals surface area contributed by atoms with E-state index in [-0.39, 0.29) is 5.97 Å². The van der Waals surface area contributed by atoms with Gasteiger partial charge in [0.2, 0.25) is 0 Å². The van der Waals surface area contributed by atoms with Crippen molar-refractivity contribution in [3.8, 4) is 0 Å². The molecule has 104 valence electrons. The molecule has 1 aromatic carbocycles. The first-order chi connectivity index (χ1) is 8.94. The van der Waals surface area contributed by atoms with E-state index in [4.69, 9.17) is 4.74 Å². The van der Waals surface area contributed by atoms with Gasteiger partial charge in [0.15, 0.2) is 0 Å². The van der Waals surface area contributed by atoms with E-state index in [1.165, 1.54) is 11.1 Å². The number of aryl methyl sites for hydroxylation is 1. The molecule has 3 nitrogen and oxygen atoms in total. The second-order valence-corrected chi connectivity index (χ2v) is 6.18. The number of carbonyl (C=O) groups excluding carboxylic acids is 1. The number of hydrogen-bond acceptors (Lipinski definition) is 3. The monoisotopic (exact) mass is 261 g/mol. The Hall–Kier alpha value is -1.35. The van der Waals surface area contributed by atoms with Crippen molar-refractivity contribution in [2.45, 2.75) is 51.7 Å². The van der Waals surface area contributed by atoms with Gasteiger partial charge < -0.3 is 10.1 Å². The van der Waals surface area contributed by atoms with Gasteiger partial charge in [0.25, 0.3) is 0 Å². The second kappa shape index (κ2) is 5.74. The molecule has 0 bridgehead atoms. The van der Waals surface area contributed by atoms with Crippen LogP contribution in [-0.2, 0) is 22.4 Å². The highest BCUT2D eigenvalue weighted by molar-refractivity contribution is 5.72. The number of esters is 1. The summed E-state index contributed by atoms with van der Waals surface area (Å²) in [6.45, 7) is 5.97. The normalized spacial score (nSPS) is 18.8. The molecule has 0 fully saturated rings. The van der Waals surface area contributed by atoms with E-state index in [1.807, 2.05) is 20.8 Å².